The van der Waals surface area contributed by atoms with Crippen LogP contribution in [0.1, 0.15) is 16.7 Å². The van der Waals surface area contributed by atoms with Crippen LogP contribution >= 0.6 is 11.6 Å². The number of aryl methyl sites for hydroxylation is 1. The van der Waals surface area contributed by atoms with Gasteiger partial charge in [0.25, 0.3) is 0 Å². The number of para-hydroxylation sites is 1. The molecule has 21 heavy (non-hydrogen) atoms. The molecule has 0 fully saturated rings. The number of hydrogen-bond donors (Lipinski definition) is 0. The largest absolute Gasteiger partial charge is 0.488 e. The van der Waals surface area contributed by atoms with Gasteiger partial charge in [0.15, 0.2) is 0 Å². The summed E-state index contributed by atoms with van der Waals surface area (Å²) in [4.78, 5) is 0. The molecule has 0 radical (unpaired) electrons. The Balaban J connectivity index is 1.91. The first kappa shape index (κ1) is 14.0. The molecule has 1 nitrogen and oxygen atoms in total. The fraction of sp³-hybridized carbons (Fsp3) is 0.158. The molecule has 3 rings (SSSR count). The predicted molar refractivity (Wildman–Crippen MR) is 89.0 cm³/mol. The van der Waals surface area contributed by atoms with E-state index in [1.807, 2.05) is 12.1 Å². The summed E-state index contributed by atoms with van der Waals surface area (Å²) in [5.41, 5.74) is 3.35. The lowest BCUT2D eigenvalue weighted by Gasteiger charge is -2.14. The Bertz CT molecular complexity index is 759. The third-order valence-corrected chi connectivity index (χ3v) is 3.98. The normalized spacial score (nSPS) is 10.8. The van der Waals surface area contributed by atoms with Crippen LogP contribution < -0.4 is 4.74 Å². The van der Waals surface area contributed by atoms with Gasteiger partial charge in [-0.2, -0.15) is 0 Å². The van der Waals surface area contributed by atoms with Crippen LogP contribution in [0, 0.1) is 6.92 Å². The third-order valence-electron chi connectivity index (χ3n) is 3.69. The fourth-order valence-electron chi connectivity index (χ4n) is 2.59. The average molecular weight is 297 g/mol. The van der Waals surface area contributed by atoms with Crippen molar-refractivity contribution < 1.29 is 4.74 Å². The molecule has 0 spiro atoms. The molecule has 0 aliphatic heterocycles. The number of halogens is 1. The Labute approximate surface area is 130 Å². The molecule has 0 unspecified atom stereocenters. The van der Waals surface area contributed by atoms with Crippen molar-refractivity contribution in [1.82, 2.24) is 0 Å². The second kappa shape index (κ2) is 6.19. The van der Waals surface area contributed by atoms with Gasteiger partial charge in [0, 0.05) is 5.56 Å². The highest BCUT2D eigenvalue weighted by molar-refractivity contribution is 6.17. The molecule has 0 aliphatic rings. The maximum absolute atomic E-state index is 6.07. The van der Waals surface area contributed by atoms with Crippen molar-refractivity contribution in [3.63, 3.8) is 0 Å². The van der Waals surface area contributed by atoms with Crippen molar-refractivity contribution in [2.45, 2.75) is 19.4 Å². The van der Waals surface area contributed by atoms with E-state index in [-0.39, 0.29) is 0 Å². The van der Waals surface area contributed by atoms with Gasteiger partial charge in [0.05, 0.1) is 5.88 Å². The zero-order valence-corrected chi connectivity index (χ0v) is 12.7. The molecule has 0 N–H and O–H groups in total. The van der Waals surface area contributed by atoms with E-state index in [1.54, 1.807) is 0 Å². The number of alkyl halides is 1. The second-order valence-electron chi connectivity index (χ2n) is 5.12. The van der Waals surface area contributed by atoms with Crippen LogP contribution in [0.3, 0.4) is 0 Å². The summed E-state index contributed by atoms with van der Waals surface area (Å²) >= 11 is 6.00. The Hall–Kier alpha value is -1.99. The molecule has 3 aromatic carbocycles. The first-order valence-corrected chi connectivity index (χ1v) is 7.57. The molecule has 0 heterocycles. The Morgan fingerprint density at radius 2 is 1.57 bits per heavy atom. The van der Waals surface area contributed by atoms with Crippen LogP contribution in [0.4, 0.5) is 0 Å². The van der Waals surface area contributed by atoms with E-state index >= 15 is 0 Å². The zero-order valence-electron chi connectivity index (χ0n) is 12.0. The molecule has 106 valence electrons. The van der Waals surface area contributed by atoms with Crippen LogP contribution in [0.5, 0.6) is 5.75 Å². The lowest BCUT2D eigenvalue weighted by atomic mass is 10.1. The Kier molecular flexibility index (Phi) is 4.12. The lowest BCUT2D eigenvalue weighted by Crippen LogP contribution is -2.00. The minimum atomic E-state index is 0.465. The van der Waals surface area contributed by atoms with Gasteiger partial charge in [-0.05, 0) is 28.8 Å². The number of rotatable bonds is 4. The molecular weight excluding hydrogens is 280 g/mol. The van der Waals surface area contributed by atoms with Gasteiger partial charge >= 0.3 is 0 Å². The van der Waals surface area contributed by atoms with E-state index in [4.69, 9.17) is 16.3 Å². The van der Waals surface area contributed by atoms with E-state index < -0.39 is 0 Å². The molecule has 0 aromatic heterocycles. The van der Waals surface area contributed by atoms with Crippen molar-refractivity contribution in [1.29, 1.82) is 0 Å². The highest BCUT2D eigenvalue weighted by atomic mass is 35.5. The molecule has 3 aromatic rings. The zero-order chi connectivity index (χ0) is 14.7. The smallest absolute Gasteiger partial charge is 0.127 e. The highest BCUT2D eigenvalue weighted by Gasteiger charge is 2.07. The van der Waals surface area contributed by atoms with Crippen molar-refractivity contribution in [3.8, 4) is 5.75 Å². The topological polar surface area (TPSA) is 9.23 Å². The fourth-order valence-corrected chi connectivity index (χ4v) is 2.80. The van der Waals surface area contributed by atoms with Gasteiger partial charge in [-0.25, -0.2) is 0 Å². The average Bonchev–Trinajstić information content (AvgIpc) is 2.53. The van der Waals surface area contributed by atoms with E-state index in [1.165, 1.54) is 16.3 Å². The van der Waals surface area contributed by atoms with E-state index in [0.717, 1.165) is 16.9 Å². The quantitative estimate of drug-likeness (QED) is 0.580. The predicted octanol–water partition coefficient (Wildman–Crippen LogP) is 5.47. The van der Waals surface area contributed by atoms with Gasteiger partial charge in [0.2, 0.25) is 0 Å². The number of hydrogen-bond acceptors (Lipinski definition) is 1. The molecule has 0 aliphatic carbocycles. The summed E-state index contributed by atoms with van der Waals surface area (Å²) in [7, 11) is 0. The van der Waals surface area contributed by atoms with Crippen molar-refractivity contribution >= 4 is 22.4 Å². The standard InChI is InChI=1S/C19H17ClO/c1-14-6-4-9-16(12-20)19(14)21-13-17-10-5-8-15-7-2-3-11-18(15)17/h2-11H,12-13H2,1H3. The van der Waals surface area contributed by atoms with Gasteiger partial charge in [-0.1, -0.05) is 60.7 Å². The number of fused-ring (bicyclic) bond motifs is 1. The number of ether oxygens (including phenoxy) is 1. The highest BCUT2D eigenvalue weighted by Crippen LogP contribution is 2.27. The van der Waals surface area contributed by atoms with Crippen LogP contribution in [0.25, 0.3) is 10.8 Å². The van der Waals surface area contributed by atoms with Gasteiger partial charge in [-0.3, -0.25) is 0 Å². The first-order chi connectivity index (χ1) is 10.3. The maximum atomic E-state index is 6.07. The lowest BCUT2D eigenvalue weighted by molar-refractivity contribution is 0.303. The van der Waals surface area contributed by atoms with Crippen molar-refractivity contribution in [3.05, 3.63) is 77.4 Å². The molecule has 2 heteroatoms. The van der Waals surface area contributed by atoms with Gasteiger partial charge < -0.3 is 4.74 Å². The van der Waals surface area contributed by atoms with E-state index in [0.29, 0.717) is 12.5 Å². The maximum Gasteiger partial charge on any atom is 0.127 e. The third kappa shape index (κ3) is 2.88. The molecule has 0 saturated carbocycles. The van der Waals surface area contributed by atoms with Crippen LogP contribution in [-0.4, -0.2) is 0 Å². The summed E-state index contributed by atoms with van der Waals surface area (Å²) in [5, 5.41) is 2.47. The molecule has 0 atom stereocenters. The SMILES string of the molecule is Cc1cccc(CCl)c1OCc1cccc2ccccc12. The Morgan fingerprint density at radius 3 is 2.43 bits per heavy atom. The minimum absolute atomic E-state index is 0.465. The van der Waals surface area contributed by atoms with Gasteiger partial charge in [-0.15, -0.1) is 11.6 Å². The molecule has 0 amide bonds. The summed E-state index contributed by atoms with van der Waals surface area (Å²) in [6, 6.07) is 20.7. The minimum Gasteiger partial charge on any atom is -0.488 e. The summed E-state index contributed by atoms with van der Waals surface area (Å²) in [6.45, 7) is 2.60. The van der Waals surface area contributed by atoms with Crippen LogP contribution in [0.15, 0.2) is 60.7 Å². The Morgan fingerprint density at radius 1 is 0.857 bits per heavy atom. The van der Waals surface area contributed by atoms with Crippen molar-refractivity contribution in [2.75, 3.05) is 0 Å². The summed E-state index contributed by atoms with van der Waals surface area (Å²) in [5.74, 6) is 1.37. The second-order valence-corrected chi connectivity index (χ2v) is 5.39. The van der Waals surface area contributed by atoms with E-state index in [9.17, 15) is 0 Å². The molecule has 0 bridgehead atoms. The van der Waals surface area contributed by atoms with Crippen LogP contribution in [-0.2, 0) is 12.5 Å². The molecule has 0 saturated heterocycles. The molecular formula is C19H17ClO. The monoisotopic (exact) mass is 296 g/mol. The van der Waals surface area contributed by atoms with Gasteiger partial charge in [0.1, 0.15) is 12.4 Å². The van der Waals surface area contributed by atoms with Crippen LogP contribution in [0.2, 0.25) is 0 Å². The first-order valence-electron chi connectivity index (χ1n) is 7.03. The summed E-state index contributed by atoms with van der Waals surface area (Å²) in [6.07, 6.45) is 0. The number of benzene rings is 3. The summed E-state index contributed by atoms with van der Waals surface area (Å²) < 4.78 is 6.07. The van der Waals surface area contributed by atoms with Crippen molar-refractivity contribution in [2.24, 2.45) is 0 Å². The van der Waals surface area contributed by atoms with E-state index in [2.05, 4.69) is 55.5 Å².